The van der Waals surface area contributed by atoms with Crippen molar-refractivity contribution in [2.24, 2.45) is 23.7 Å². The number of nitrogens with zero attached hydrogens (tertiary/aromatic N) is 1. The van der Waals surface area contributed by atoms with Crippen LogP contribution in [-0.2, 0) is 23.9 Å². The van der Waals surface area contributed by atoms with E-state index < -0.39 is 30.9 Å². The molecular formula is C20H20ClN3O6. The number of esters is 1. The van der Waals surface area contributed by atoms with Crippen molar-refractivity contribution in [3.8, 4) is 0 Å². The average Bonchev–Trinajstić information content (AvgIpc) is 3.41. The highest BCUT2D eigenvalue weighted by Gasteiger charge is 2.61. The zero-order chi connectivity index (χ0) is 21.4. The molecule has 1 aromatic carbocycles. The molecule has 0 unspecified atom stereocenters. The molecule has 0 spiro atoms. The molecule has 1 saturated heterocycles. The van der Waals surface area contributed by atoms with Crippen LogP contribution >= 0.6 is 11.6 Å². The number of hydrazine groups is 1. The Morgan fingerprint density at radius 1 is 1.00 bits per heavy atom. The smallest absolute Gasteiger partial charge is 0.326 e. The van der Waals surface area contributed by atoms with Crippen molar-refractivity contribution in [1.82, 2.24) is 15.8 Å². The zero-order valence-electron chi connectivity index (χ0n) is 15.9. The molecule has 30 heavy (non-hydrogen) atoms. The highest BCUT2D eigenvalue weighted by molar-refractivity contribution is 6.30. The molecule has 9 nitrogen and oxygen atoms in total. The highest BCUT2D eigenvalue weighted by atomic mass is 35.5. The van der Waals surface area contributed by atoms with Crippen LogP contribution in [0.1, 0.15) is 29.6 Å². The largest absolute Gasteiger partial charge is 0.454 e. The van der Waals surface area contributed by atoms with Crippen molar-refractivity contribution in [1.29, 1.82) is 0 Å². The number of amides is 4. The van der Waals surface area contributed by atoms with Gasteiger partial charge >= 0.3 is 5.97 Å². The number of imide groups is 1. The van der Waals surface area contributed by atoms with Gasteiger partial charge in [0.15, 0.2) is 6.61 Å². The minimum absolute atomic E-state index is 0.229. The fourth-order valence-corrected chi connectivity index (χ4v) is 4.91. The van der Waals surface area contributed by atoms with Crippen LogP contribution in [-0.4, -0.2) is 47.6 Å². The summed E-state index contributed by atoms with van der Waals surface area (Å²) in [5.41, 5.74) is 4.58. The number of benzene rings is 1. The molecule has 2 saturated carbocycles. The van der Waals surface area contributed by atoms with Gasteiger partial charge in [0, 0.05) is 10.6 Å². The number of fused-ring (bicyclic) bond motifs is 5. The van der Waals surface area contributed by atoms with Crippen molar-refractivity contribution in [3.05, 3.63) is 34.9 Å². The number of likely N-dealkylation sites (tertiary alicyclic amines) is 1. The Morgan fingerprint density at radius 3 is 2.20 bits per heavy atom. The van der Waals surface area contributed by atoms with E-state index in [4.69, 9.17) is 16.3 Å². The Kier molecular flexibility index (Phi) is 5.46. The van der Waals surface area contributed by atoms with Crippen molar-refractivity contribution in [2.75, 3.05) is 13.2 Å². The number of rotatable bonds is 5. The second-order valence-corrected chi connectivity index (χ2v) is 8.25. The first-order valence-corrected chi connectivity index (χ1v) is 10.1. The van der Waals surface area contributed by atoms with Gasteiger partial charge < -0.3 is 4.74 Å². The molecule has 2 aliphatic carbocycles. The molecule has 0 aromatic heterocycles. The van der Waals surface area contributed by atoms with Crippen molar-refractivity contribution < 1.29 is 28.7 Å². The first kappa shape index (κ1) is 20.3. The summed E-state index contributed by atoms with van der Waals surface area (Å²) in [5, 5.41) is 0.466. The van der Waals surface area contributed by atoms with Gasteiger partial charge in [-0.1, -0.05) is 11.6 Å². The molecule has 1 heterocycles. The normalized spacial score (nSPS) is 26.5. The minimum Gasteiger partial charge on any atom is -0.454 e. The Labute approximate surface area is 177 Å². The minimum atomic E-state index is -0.858. The van der Waals surface area contributed by atoms with E-state index in [-0.39, 0.29) is 41.0 Å². The second-order valence-electron chi connectivity index (χ2n) is 7.82. The number of hydrogen-bond donors (Lipinski definition) is 2. The second kappa shape index (κ2) is 8.06. The lowest BCUT2D eigenvalue weighted by atomic mass is 9.81. The van der Waals surface area contributed by atoms with Gasteiger partial charge in [-0.3, -0.25) is 39.7 Å². The maximum atomic E-state index is 12.6. The lowest BCUT2D eigenvalue weighted by Gasteiger charge is -2.19. The van der Waals surface area contributed by atoms with Crippen LogP contribution in [0.3, 0.4) is 0 Å². The zero-order valence-corrected chi connectivity index (χ0v) is 16.7. The third-order valence-corrected chi connectivity index (χ3v) is 6.34. The molecule has 4 amide bonds. The standard InChI is InChI=1S/C20H20ClN3O6/c21-13-5-3-10(4-6-13)18(27)23-22-14(25)9-30-15(26)8-24-19(28)16-11-1-2-12(7-11)17(16)20(24)29/h3-6,11-12,16-17H,1-2,7-9H2,(H,22,25)(H,23,27)/t11-,12-,16-,17+/m0/s1. The van der Waals surface area contributed by atoms with Crippen LogP contribution in [0.5, 0.6) is 0 Å². The average molecular weight is 434 g/mol. The molecule has 2 bridgehead atoms. The highest BCUT2D eigenvalue weighted by Crippen LogP contribution is 2.56. The van der Waals surface area contributed by atoms with Crippen molar-refractivity contribution in [3.63, 3.8) is 0 Å². The number of nitrogens with one attached hydrogen (secondary N) is 2. The Bertz CT molecular complexity index is 890. The number of carbonyl (C=O) groups is 5. The third-order valence-electron chi connectivity index (χ3n) is 6.09. The van der Waals surface area contributed by atoms with E-state index >= 15 is 0 Å². The van der Waals surface area contributed by atoms with E-state index in [1.165, 1.54) is 24.3 Å². The number of halogens is 1. The summed E-state index contributed by atoms with van der Waals surface area (Å²) in [6.07, 6.45) is 2.81. The first-order chi connectivity index (χ1) is 14.3. The lowest BCUT2D eigenvalue weighted by molar-refractivity contribution is -0.155. The van der Waals surface area contributed by atoms with Crippen LogP contribution in [0.25, 0.3) is 0 Å². The molecule has 4 atom stereocenters. The molecule has 0 radical (unpaired) electrons. The molecule has 10 heteroatoms. The lowest BCUT2D eigenvalue weighted by Crippen LogP contribution is -2.44. The van der Waals surface area contributed by atoms with Gasteiger partial charge in [0.05, 0.1) is 11.8 Å². The Hall–Kier alpha value is -2.94. The van der Waals surface area contributed by atoms with E-state index in [0.29, 0.717) is 5.02 Å². The third kappa shape index (κ3) is 3.77. The molecule has 1 aromatic rings. The summed E-state index contributed by atoms with van der Waals surface area (Å²) in [5.74, 6) is -2.97. The number of hydrogen-bond acceptors (Lipinski definition) is 6. The van der Waals surface area contributed by atoms with Gasteiger partial charge in [0.2, 0.25) is 11.8 Å². The number of carbonyl (C=O) groups excluding carboxylic acids is 5. The van der Waals surface area contributed by atoms with Gasteiger partial charge in [-0.05, 0) is 55.4 Å². The SMILES string of the molecule is O=C(COC(=O)CN1C(=O)[C@@H]2[C@H]3CC[C@@H](C3)[C@@H]2C1=O)NNC(=O)c1ccc(Cl)cc1. The van der Waals surface area contributed by atoms with Crippen LogP contribution in [0.2, 0.25) is 5.02 Å². The van der Waals surface area contributed by atoms with E-state index in [1.54, 1.807) is 0 Å². The quantitative estimate of drug-likeness (QED) is 0.400. The number of ether oxygens (including phenoxy) is 1. The molecule has 1 aliphatic heterocycles. The maximum absolute atomic E-state index is 12.6. The summed E-state index contributed by atoms with van der Waals surface area (Å²) in [6.45, 7) is -1.16. The molecule has 3 fully saturated rings. The molecule has 158 valence electrons. The monoisotopic (exact) mass is 433 g/mol. The Balaban J connectivity index is 1.22. The summed E-state index contributed by atoms with van der Waals surface area (Å²) in [6, 6.07) is 6.02. The van der Waals surface area contributed by atoms with Crippen molar-refractivity contribution in [2.45, 2.75) is 19.3 Å². The van der Waals surface area contributed by atoms with E-state index in [2.05, 4.69) is 10.9 Å². The molecule has 4 rings (SSSR count). The van der Waals surface area contributed by atoms with E-state index in [9.17, 15) is 24.0 Å². The molecule has 3 aliphatic rings. The van der Waals surface area contributed by atoms with E-state index in [0.717, 1.165) is 24.2 Å². The Morgan fingerprint density at radius 2 is 1.60 bits per heavy atom. The molecular weight excluding hydrogens is 414 g/mol. The predicted molar refractivity (Wildman–Crippen MR) is 103 cm³/mol. The predicted octanol–water partition coefficient (Wildman–Crippen LogP) is 0.675. The van der Waals surface area contributed by atoms with Crippen LogP contribution in [0, 0.1) is 23.7 Å². The first-order valence-electron chi connectivity index (χ1n) is 9.70. The van der Waals surface area contributed by atoms with Crippen LogP contribution in [0.4, 0.5) is 0 Å². The topological polar surface area (TPSA) is 122 Å². The summed E-state index contributed by atoms with van der Waals surface area (Å²) in [7, 11) is 0. The maximum Gasteiger partial charge on any atom is 0.326 e. The van der Waals surface area contributed by atoms with Crippen LogP contribution < -0.4 is 10.9 Å². The summed E-state index contributed by atoms with van der Waals surface area (Å²) < 4.78 is 4.84. The summed E-state index contributed by atoms with van der Waals surface area (Å²) in [4.78, 5) is 61.8. The van der Waals surface area contributed by atoms with Gasteiger partial charge in [-0.15, -0.1) is 0 Å². The molecule has 2 N–H and O–H groups in total. The van der Waals surface area contributed by atoms with Gasteiger partial charge in [-0.2, -0.15) is 0 Å². The fourth-order valence-electron chi connectivity index (χ4n) is 4.78. The van der Waals surface area contributed by atoms with Gasteiger partial charge in [-0.25, -0.2) is 0 Å². The summed E-state index contributed by atoms with van der Waals surface area (Å²) >= 11 is 5.74. The van der Waals surface area contributed by atoms with E-state index in [1.807, 2.05) is 0 Å². The van der Waals surface area contributed by atoms with Crippen LogP contribution in [0.15, 0.2) is 24.3 Å². The van der Waals surface area contributed by atoms with Gasteiger partial charge in [0.25, 0.3) is 11.8 Å². The fraction of sp³-hybridized carbons (Fsp3) is 0.450. The van der Waals surface area contributed by atoms with Gasteiger partial charge in [0.1, 0.15) is 6.54 Å². The van der Waals surface area contributed by atoms with Crippen molar-refractivity contribution >= 4 is 41.2 Å².